The summed E-state index contributed by atoms with van der Waals surface area (Å²) in [6.45, 7) is 8.14. The fraction of sp³-hybridized carbons (Fsp3) is 0.433. The van der Waals surface area contributed by atoms with Crippen LogP contribution >= 0.6 is 11.6 Å². The third-order valence-corrected chi connectivity index (χ3v) is 8.47. The van der Waals surface area contributed by atoms with Gasteiger partial charge in [-0.1, -0.05) is 28.9 Å². The van der Waals surface area contributed by atoms with E-state index >= 15 is 0 Å². The summed E-state index contributed by atoms with van der Waals surface area (Å²) in [4.78, 5) is 4.59. The second kappa shape index (κ2) is 11.5. The standard InChI is InChI=1S/C30H34ClFN6O4/c1-18-16-38(12-13-40-18)26-15-24(29(33)36-39)34-35-25(26)17-37-10-8-19(9-11-37)21-4-3-5-27-28(21)42-30(2,41-27)22-7-6-20(31)14-23(22)32/h3-7,14-15,18-19,39H,8-13,16-17H2,1-2H3,(H2,33,36)/t18?,30-/m0/s1. The minimum Gasteiger partial charge on any atom is -0.444 e. The van der Waals surface area contributed by atoms with Crippen LogP contribution in [0.4, 0.5) is 10.1 Å². The SMILES string of the molecule is CC1CN(c2cc(/C(N)=N/O)nnc2CN2CCC(c3cccc4c3O[C@@](C)(c3ccc(Cl)cc3F)O4)CC2)CCO1. The Hall–Kier alpha value is -3.67. The van der Waals surface area contributed by atoms with Gasteiger partial charge in [0.25, 0.3) is 5.79 Å². The van der Waals surface area contributed by atoms with Crippen molar-refractivity contribution in [2.24, 2.45) is 10.9 Å². The number of ether oxygens (including phenoxy) is 3. The Kier molecular flexibility index (Phi) is 7.82. The van der Waals surface area contributed by atoms with Crippen molar-refractivity contribution in [3.8, 4) is 11.5 Å². The van der Waals surface area contributed by atoms with Crippen LogP contribution in [-0.2, 0) is 17.1 Å². The van der Waals surface area contributed by atoms with E-state index in [0.717, 1.165) is 56.0 Å². The van der Waals surface area contributed by atoms with Crippen LogP contribution in [0.2, 0.25) is 5.02 Å². The smallest absolute Gasteiger partial charge is 0.278 e. The molecular weight excluding hydrogens is 563 g/mol. The van der Waals surface area contributed by atoms with Crippen molar-refractivity contribution in [1.29, 1.82) is 0 Å². The molecule has 12 heteroatoms. The number of oxime groups is 1. The normalized spacial score (nSPS) is 23.4. The van der Waals surface area contributed by atoms with Crippen molar-refractivity contribution in [2.45, 2.75) is 51.0 Å². The number of hydrogen-bond acceptors (Lipinski definition) is 9. The van der Waals surface area contributed by atoms with Crippen molar-refractivity contribution in [3.63, 3.8) is 0 Å². The van der Waals surface area contributed by atoms with E-state index in [0.29, 0.717) is 40.9 Å². The molecular formula is C30H34ClFN6O4. The van der Waals surface area contributed by atoms with Crippen LogP contribution in [0.1, 0.15) is 55.1 Å². The lowest BCUT2D eigenvalue weighted by Crippen LogP contribution is -2.42. The first kappa shape index (κ1) is 28.4. The van der Waals surface area contributed by atoms with Gasteiger partial charge in [0.15, 0.2) is 17.3 Å². The highest BCUT2D eigenvalue weighted by molar-refractivity contribution is 6.30. The molecule has 0 saturated carbocycles. The average molecular weight is 597 g/mol. The lowest BCUT2D eigenvalue weighted by molar-refractivity contribution is -0.0712. The van der Waals surface area contributed by atoms with Gasteiger partial charge in [-0.25, -0.2) is 4.39 Å². The number of morpholine rings is 1. The third kappa shape index (κ3) is 5.56. The van der Waals surface area contributed by atoms with Crippen molar-refractivity contribution in [2.75, 3.05) is 37.7 Å². The van der Waals surface area contributed by atoms with Crippen LogP contribution in [0.25, 0.3) is 0 Å². The summed E-state index contributed by atoms with van der Waals surface area (Å²) in [5.74, 6) is -0.296. The van der Waals surface area contributed by atoms with Crippen LogP contribution in [0, 0.1) is 5.82 Å². The number of amidine groups is 1. The second-order valence-electron chi connectivity index (χ2n) is 11.2. The number of rotatable bonds is 6. The van der Waals surface area contributed by atoms with Gasteiger partial charge in [-0.3, -0.25) is 4.90 Å². The van der Waals surface area contributed by atoms with E-state index < -0.39 is 11.6 Å². The largest absolute Gasteiger partial charge is 0.444 e. The summed E-state index contributed by atoms with van der Waals surface area (Å²) in [5, 5.41) is 21.3. The highest BCUT2D eigenvalue weighted by atomic mass is 35.5. The Labute approximate surface area is 248 Å². The quantitative estimate of drug-likeness (QED) is 0.182. The summed E-state index contributed by atoms with van der Waals surface area (Å²) in [6.07, 6.45) is 1.90. The molecule has 1 aromatic heterocycles. The van der Waals surface area contributed by atoms with E-state index in [1.54, 1.807) is 19.1 Å². The number of nitrogens with zero attached hydrogens (tertiary/aromatic N) is 5. The van der Waals surface area contributed by atoms with E-state index in [4.69, 9.17) is 36.8 Å². The molecule has 4 heterocycles. The van der Waals surface area contributed by atoms with Crippen molar-refractivity contribution in [3.05, 3.63) is 75.8 Å². The molecule has 1 unspecified atom stereocenters. The topological polar surface area (TPSA) is 119 Å². The molecule has 0 bridgehead atoms. The van der Waals surface area contributed by atoms with E-state index in [1.165, 1.54) is 6.07 Å². The van der Waals surface area contributed by atoms with Gasteiger partial charge in [0, 0.05) is 37.1 Å². The Morgan fingerprint density at radius 2 is 1.98 bits per heavy atom. The van der Waals surface area contributed by atoms with Gasteiger partial charge in [-0.05, 0) is 69.1 Å². The highest BCUT2D eigenvalue weighted by Crippen LogP contribution is 2.50. The van der Waals surface area contributed by atoms with Crippen molar-refractivity contribution < 1.29 is 23.8 Å². The number of fused-ring (bicyclic) bond motifs is 1. The molecule has 2 aromatic carbocycles. The van der Waals surface area contributed by atoms with Crippen molar-refractivity contribution in [1.82, 2.24) is 15.1 Å². The first-order valence-electron chi connectivity index (χ1n) is 14.1. The first-order valence-corrected chi connectivity index (χ1v) is 14.5. The zero-order chi connectivity index (χ0) is 29.4. The summed E-state index contributed by atoms with van der Waals surface area (Å²) in [7, 11) is 0. The minimum atomic E-state index is -1.28. The van der Waals surface area contributed by atoms with Gasteiger partial charge in [0.1, 0.15) is 17.2 Å². The monoisotopic (exact) mass is 596 g/mol. The number of nitrogens with two attached hydrogens (primary N) is 1. The molecule has 3 aliphatic heterocycles. The van der Waals surface area contributed by atoms with Crippen LogP contribution in [-0.4, -0.2) is 65.0 Å². The molecule has 3 N–H and O–H groups in total. The maximum absolute atomic E-state index is 14.8. The summed E-state index contributed by atoms with van der Waals surface area (Å²) < 4.78 is 33.1. The fourth-order valence-electron chi connectivity index (χ4n) is 6.06. The minimum absolute atomic E-state index is 0.0751. The lowest BCUT2D eigenvalue weighted by atomic mass is 9.88. The lowest BCUT2D eigenvalue weighted by Gasteiger charge is -2.36. The summed E-state index contributed by atoms with van der Waals surface area (Å²) in [6, 6.07) is 12.2. The van der Waals surface area contributed by atoms with Crippen molar-refractivity contribution >= 4 is 23.1 Å². The van der Waals surface area contributed by atoms with Crippen LogP contribution < -0.4 is 20.1 Å². The molecule has 2 fully saturated rings. The summed E-state index contributed by atoms with van der Waals surface area (Å²) >= 11 is 5.97. The molecule has 6 rings (SSSR count). The number of piperidine rings is 1. The maximum atomic E-state index is 14.8. The number of likely N-dealkylation sites (tertiary alicyclic amines) is 1. The predicted molar refractivity (Wildman–Crippen MR) is 156 cm³/mol. The van der Waals surface area contributed by atoms with Gasteiger partial charge >= 0.3 is 0 Å². The molecule has 3 aromatic rings. The fourth-order valence-corrected chi connectivity index (χ4v) is 6.22. The highest BCUT2D eigenvalue weighted by Gasteiger charge is 2.43. The zero-order valence-electron chi connectivity index (χ0n) is 23.6. The van der Waals surface area contributed by atoms with Gasteiger partial charge < -0.3 is 30.1 Å². The first-order chi connectivity index (χ1) is 20.2. The van der Waals surface area contributed by atoms with Gasteiger partial charge in [-0.15, -0.1) is 5.10 Å². The summed E-state index contributed by atoms with van der Waals surface area (Å²) in [5.41, 5.74) is 9.29. The van der Waals surface area contributed by atoms with Gasteiger partial charge in [-0.2, -0.15) is 5.10 Å². The number of anilines is 1. The number of hydrogen-bond donors (Lipinski definition) is 2. The molecule has 2 saturated heterocycles. The van der Waals surface area contributed by atoms with Crippen LogP contribution in [0.15, 0.2) is 47.6 Å². The molecule has 0 spiro atoms. The molecule has 10 nitrogen and oxygen atoms in total. The Morgan fingerprint density at radius 3 is 2.71 bits per heavy atom. The van der Waals surface area contributed by atoms with Gasteiger partial charge in [0.2, 0.25) is 0 Å². The maximum Gasteiger partial charge on any atom is 0.278 e. The molecule has 0 radical (unpaired) electrons. The molecule has 2 atom stereocenters. The van der Waals surface area contributed by atoms with E-state index in [1.807, 2.05) is 25.1 Å². The number of benzene rings is 2. The molecule has 222 valence electrons. The van der Waals surface area contributed by atoms with E-state index in [2.05, 4.69) is 31.2 Å². The van der Waals surface area contributed by atoms with E-state index in [9.17, 15) is 4.39 Å². The van der Waals surface area contributed by atoms with Crippen LogP contribution in [0.3, 0.4) is 0 Å². The Bertz CT molecular complexity index is 1500. The number of halogens is 2. The molecule has 3 aliphatic rings. The van der Waals surface area contributed by atoms with E-state index in [-0.39, 0.29) is 17.9 Å². The molecule has 0 aliphatic carbocycles. The third-order valence-electron chi connectivity index (χ3n) is 8.23. The van der Waals surface area contributed by atoms with Gasteiger partial charge in [0.05, 0.1) is 24.0 Å². The number of aromatic nitrogens is 2. The molecule has 0 amide bonds. The average Bonchev–Trinajstić information content (AvgIpc) is 3.34. The zero-order valence-corrected chi connectivity index (χ0v) is 24.4. The van der Waals surface area contributed by atoms with Crippen LogP contribution in [0.5, 0.6) is 11.5 Å². The Balaban J connectivity index is 1.17. The number of para-hydroxylation sites is 1. The molecule has 42 heavy (non-hydrogen) atoms. The second-order valence-corrected chi connectivity index (χ2v) is 11.6. The Morgan fingerprint density at radius 1 is 1.17 bits per heavy atom. The predicted octanol–water partition coefficient (Wildman–Crippen LogP) is 4.61.